The number of hydrogen-bond acceptors (Lipinski definition) is 8. The summed E-state index contributed by atoms with van der Waals surface area (Å²) in [6.45, 7) is 2.55. The van der Waals surface area contributed by atoms with E-state index in [1.807, 2.05) is 26.1 Å². The number of rotatable bonds is 7. The molecular weight excluding hydrogens is 466 g/mol. The fraction of sp³-hybridized carbons (Fsp3) is 0.316. The lowest BCUT2D eigenvalue weighted by molar-refractivity contribution is 0.0817. The highest BCUT2D eigenvalue weighted by atomic mass is 79.9. The average molecular weight is 488 g/mol. The van der Waals surface area contributed by atoms with Gasteiger partial charge in [-0.25, -0.2) is 14.6 Å². The summed E-state index contributed by atoms with van der Waals surface area (Å²) in [5.41, 5.74) is 9.99. The molecule has 162 valence electrons. The number of carbonyl (C=O) groups excluding carboxylic acids is 1. The van der Waals surface area contributed by atoms with Gasteiger partial charge in [-0.05, 0) is 40.5 Å². The van der Waals surface area contributed by atoms with Crippen LogP contribution in [0.25, 0.3) is 16.7 Å². The molecule has 31 heavy (non-hydrogen) atoms. The summed E-state index contributed by atoms with van der Waals surface area (Å²) in [4.78, 5) is 21.5. The molecule has 4 N–H and O–H groups in total. The van der Waals surface area contributed by atoms with Gasteiger partial charge in [0.25, 0.3) is 5.91 Å². The Kier molecular flexibility index (Phi) is 5.74. The van der Waals surface area contributed by atoms with Crippen molar-refractivity contribution in [2.45, 2.75) is 19.6 Å². The van der Waals surface area contributed by atoms with Crippen LogP contribution in [0.15, 0.2) is 29.1 Å². The molecule has 12 heteroatoms. The third-order valence-corrected chi connectivity index (χ3v) is 5.16. The van der Waals surface area contributed by atoms with E-state index in [-0.39, 0.29) is 11.9 Å². The van der Waals surface area contributed by atoms with Crippen molar-refractivity contribution in [3.63, 3.8) is 0 Å². The van der Waals surface area contributed by atoms with Crippen molar-refractivity contribution in [1.82, 2.24) is 34.7 Å². The van der Waals surface area contributed by atoms with E-state index in [2.05, 4.69) is 46.8 Å². The summed E-state index contributed by atoms with van der Waals surface area (Å²) in [6.07, 6.45) is 3.29. The number of nitrogens with one attached hydrogen (secondary N) is 2. The Morgan fingerprint density at radius 2 is 2.19 bits per heavy atom. The number of aromatic nitrogens is 6. The molecule has 0 aliphatic rings. The topological polar surface area (TPSA) is 137 Å². The molecule has 4 rings (SSSR count). The van der Waals surface area contributed by atoms with Gasteiger partial charge in [0.15, 0.2) is 17.2 Å². The SMILES string of the molecule is CNc1nc2cnc(Br)cn2c1C(=O)NC(C)COCc1cc(N)c2nnn(C)c2c1. The van der Waals surface area contributed by atoms with Crippen molar-refractivity contribution in [2.24, 2.45) is 7.05 Å². The summed E-state index contributed by atoms with van der Waals surface area (Å²) in [5, 5.41) is 13.9. The molecule has 4 aromatic rings. The molecule has 0 saturated heterocycles. The molecule has 0 spiro atoms. The minimum Gasteiger partial charge on any atom is -0.397 e. The van der Waals surface area contributed by atoms with E-state index in [0.717, 1.165) is 11.1 Å². The van der Waals surface area contributed by atoms with E-state index in [0.29, 0.717) is 46.2 Å². The summed E-state index contributed by atoms with van der Waals surface area (Å²) >= 11 is 3.33. The molecule has 0 aliphatic heterocycles. The van der Waals surface area contributed by atoms with Gasteiger partial charge in [-0.1, -0.05) is 5.21 Å². The van der Waals surface area contributed by atoms with E-state index in [9.17, 15) is 4.79 Å². The lowest BCUT2D eigenvalue weighted by Gasteiger charge is -2.15. The quantitative estimate of drug-likeness (QED) is 0.335. The number of imidazole rings is 1. The van der Waals surface area contributed by atoms with Crippen LogP contribution < -0.4 is 16.4 Å². The van der Waals surface area contributed by atoms with Gasteiger partial charge in [0.1, 0.15) is 10.1 Å². The lowest BCUT2D eigenvalue weighted by atomic mass is 10.2. The number of ether oxygens (including phenoxy) is 1. The van der Waals surface area contributed by atoms with Crippen LogP contribution in [-0.2, 0) is 18.4 Å². The third kappa shape index (κ3) is 4.16. The second-order valence-corrected chi connectivity index (χ2v) is 7.97. The van der Waals surface area contributed by atoms with Crippen molar-refractivity contribution in [2.75, 3.05) is 24.7 Å². The first-order valence-corrected chi connectivity index (χ1v) is 10.3. The maximum Gasteiger partial charge on any atom is 0.272 e. The molecule has 1 aromatic carbocycles. The largest absolute Gasteiger partial charge is 0.397 e. The summed E-state index contributed by atoms with van der Waals surface area (Å²) in [7, 11) is 3.53. The summed E-state index contributed by atoms with van der Waals surface area (Å²) in [6, 6.07) is 3.54. The average Bonchev–Trinajstić information content (AvgIpc) is 3.28. The number of benzene rings is 1. The first-order valence-electron chi connectivity index (χ1n) is 9.55. The number of anilines is 2. The Morgan fingerprint density at radius 1 is 1.39 bits per heavy atom. The van der Waals surface area contributed by atoms with E-state index >= 15 is 0 Å². The summed E-state index contributed by atoms with van der Waals surface area (Å²) in [5.74, 6) is 0.205. The van der Waals surface area contributed by atoms with E-state index in [1.165, 1.54) is 0 Å². The van der Waals surface area contributed by atoms with Crippen LogP contribution in [0.3, 0.4) is 0 Å². The van der Waals surface area contributed by atoms with Gasteiger partial charge in [-0.3, -0.25) is 9.20 Å². The zero-order valence-corrected chi connectivity index (χ0v) is 18.8. The highest BCUT2D eigenvalue weighted by Gasteiger charge is 2.20. The normalized spacial score (nSPS) is 12.4. The predicted molar refractivity (Wildman–Crippen MR) is 120 cm³/mol. The molecule has 0 bridgehead atoms. The molecule has 11 nitrogen and oxygen atoms in total. The van der Waals surface area contributed by atoms with Crippen molar-refractivity contribution >= 4 is 50.0 Å². The van der Waals surface area contributed by atoms with E-state index in [4.69, 9.17) is 10.5 Å². The van der Waals surface area contributed by atoms with Crippen molar-refractivity contribution < 1.29 is 9.53 Å². The molecule has 0 saturated carbocycles. The number of amides is 1. The zero-order valence-electron chi connectivity index (χ0n) is 17.3. The Hall–Kier alpha value is -3.25. The van der Waals surface area contributed by atoms with E-state index < -0.39 is 0 Å². The smallest absolute Gasteiger partial charge is 0.272 e. The predicted octanol–water partition coefficient (Wildman–Crippen LogP) is 1.73. The first-order chi connectivity index (χ1) is 14.9. The number of nitrogens with two attached hydrogens (primary N) is 1. The molecular formula is C19H22BrN9O2. The second-order valence-electron chi connectivity index (χ2n) is 7.15. The van der Waals surface area contributed by atoms with Crippen LogP contribution in [0.5, 0.6) is 0 Å². The van der Waals surface area contributed by atoms with Crippen LogP contribution in [-0.4, -0.2) is 55.0 Å². The molecule has 1 amide bonds. The maximum atomic E-state index is 12.9. The highest BCUT2D eigenvalue weighted by molar-refractivity contribution is 9.10. The second kappa shape index (κ2) is 8.47. The molecule has 0 aliphatic carbocycles. The van der Waals surface area contributed by atoms with Crippen LogP contribution in [0.1, 0.15) is 23.0 Å². The number of halogens is 1. The Bertz CT molecular complexity index is 1270. The van der Waals surface area contributed by atoms with Crippen LogP contribution >= 0.6 is 15.9 Å². The van der Waals surface area contributed by atoms with Crippen LogP contribution in [0.2, 0.25) is 0 Å². The van der Waals surface area contributed by atoms with E-state index in [1.54, 1.807) is 28.5 Å². The minimum absolute atomic E-state index is 0.229. The number of aryl methyl sites for hydroxylation is 1. The third-order valence-electron chi connectivity index (χ3n) is 4.75. The van der Waals surface area contributed by atoms with Crippen LogP contribution in [0.4, 0.5) is 11.5 Å². The maximum absolute atomic E-state index is 12.9. The molecule has 0 radical (unpaired) electrons. The molecule has 1 atom stereocenters. The van der Waals surface area contributed by atoms with Crippen LogP contribution in [0, 0.1) is 0 Å². The number of nitrogens with zero attached hydrogens (tertiary/aromatic N) is 6. The Balaban J connectivity index is 1.41. The fourth-order valence-electron chi connectivity index (χ4n) is 3.31. The number of hydrogen-bond donors (Lipinski definition) is 3. The Labute approximate surface area is 186 Å². The Morgan fingerprint density at radius 3 is 2.97 bits per heavy atom. The van der Waals surface area contributed by atoms with Gasteiger partial charge in [0.2, 0.25) is 0 Å². The summed E-state index contributed by atoms with van der Waals surface area (Å²) < 4.78 is 9.76. The molecule has 3 heterocycles. The molecule has 3 aromatic heterocycles. The highest BCUT2D eigenvalue weighted by Crippen LogP contribution is 2.21. The zero-order chi connectivity index (χ0) is 22.1. The van der Waals surface area contributed by atoms with Gasteiger partial charge in [-0.15, -0.1) is 5.10 Å². The standard InChI is InChI=1S/C19H22BrN9O2/c1-10(8-31-9-11-4-12(21)16-13(5-11)28(3)27-26-16)24-19(30)17-18(22-2)25-15-6-23-14(20)7-29(15)17/h4-7,10,22H,8-9,21H2,1-3H3,(H,24,30). The molecule has 0 fully saturated rings. The lowest BCUT2D eigenvalue weighted by Crippen LogP contribution is -2.36. The van der Waals surface area contributed by atoms with Gasteiger partial charge >= 0.3 is 0 Å². The van der Waals surface area contributed by atoms with Crippen molar-refractivity contribution in [3.05, 3.63) is 40.4 Å². The van der Waals surface area contributed by atoms with Crippen molar-refractivity contribution in [3.8, 4) is 0 Å². The monoisotopic (exact) mass is 487 g/mol. The first kappa shape index (κ1) is 21.0. The number of carbonyl (C=O) groups is 1. The van der Waals surface area contributed by atoms with Gasteiger partial charge in [0, 0.05) is 26.3 Å². The number of fused-ring (bicyclic) bond motifs is 2. The van der Waals surface area contributed by atoms with Gasteiger partial charge in [-0.2, -0.15) is 0 Å². The van der Waals surface area contributed by atoms with Crippen molar-refractivity contribution in [1.29, 1.82) is 0 Å². The minimum atomic E-state index is -0.266. The fourth-order valence-corrected chi connectivity index (χ4v) is 3.62. The molecule has 1 unspecified atom stereocenters. The number of nitrogen functional groups attached to an aromatic ring is 1. The van der Waals surface area contributed by atoms with Gasteiger partial charge in [0.05, 0.1) is 30.6 Å². The van der Waals surface area contributed by atoms with Gasteiger partial charge < -0.3 is 21.1 Å².